The molecule has 0 spiro atoms. The van der Waals surface area contributed by atoms with Gasteiger partial charge in [0.1, 0.15) is 0 Å². The maximum Gasteiger partial charge on any atom is 1.00 e. The number of carbonyl (C=O) groups excluding carboxylic acids is 1. The van der Waals surface area contributed by atoms with Crippen LogP contribution in [0.4, 0.5) is 12.9 Å². The topological polar surface area (TPSA) is 48.0 Å². The van der Waals surface area contributed by atoms with Crippen LogP contribution in [0.25, 0.3) is 10.9 Å². The number of rotatable bonds is 3. The van der Waals surface area contributed by atoms with E-state index < -0.39 is 19.3 Å². The summed E-state index contributed by atoms with van der Waals surface area (Å²) in [6, 6.07) is 6.38. The van der Waals surface area contributed by atoms with E-state index in [1.165, 1.54) is 6.07 Å². The van der Waals surface area contributed by atoms with Gasteiger partial charge in [-0.05, 0) is 12.5 Å². The van der Waals surface area contributed by atoms with Crippen molar-refractivity contribution in [2.45, 2.75) is 6.44 Å². The van der Waals surface area contributed by atoms with Gasteiger partial charge >= 0.3 is 58.4 Å². The van der Waals surface area contributed by atoms with Crippen molar-refractivity contribution in [1.29, 1.82) is 0 Å². The molecule has 1 heterocycles. The molecule has 0 aliphatic heterocycles. The Morgan fingerprint density at radius 2 is 1.89 bits per heavy atom. The first kappa shape index (κ1) is 15.8. The molecule has 18 heavy (non-hydrogen) atoms. The SMILES string of the molecule is NC(=O)c1cn(C[B-](F)(F)F)c2ccccc12.[K+]. The zero-order valence-electron chi connectivity index (χ0n) is 9.74. The molecule has 0 aliphatic rings. The summed E-state index contributed by atoms with van der Waals surface area (Å²) in [4.78, 5) is 11.1. The third kappa shape index (κ3) is 3.39. The Morgan fingerprint density at radius 3 is 2.44 bits per heavy atom. The first-order chi connectivity index (χ1) is 7.88. The van der Waals surface area contributed by atoms with Crippen molar-refractivity contribution in [2.24, 2.45) is 5.73 Å². The van der Waals surface area contributed by atoms with E-state index in [-0.39, 0.29) is 56.9 Å². The van der Waals surface area contributed by atoms with Crippen LogP contribution >= 0.6 is 0 Å². The van der Waals surface area contributed by atoms with Crippen LogP contribution in [0.2, 0.25) is 0 Å². The quantitative estimate of drug-likeness (QED) is 0.730. The standard InChI is InChI=1S/C10H9BF3N2O.K/c12-11(13,14)6-16-5-8(10(15)17)7-3-1-2-4-9(7)16;/h1-5H,6H2,(H2,15,17);/q-1;+1. The number of benzene rings is 1. The molecular weight excluding hydrogens is 271 g/mol. The molecule has 90 valence electrons. The van der Waals surface area contributed by atoms with Crippen LogP contribution in [0.3, 0.4) is 0 Å². The van der Waals surface area contributed by atoms with Gasteiger partial charge in [-0.25, -0.2) is 0 Å². The van der Waals surface area contributed by atoms with Gasteiger partial charge in [-0.15, -0.1) is 0 Å². The maximum atomic E-state index is 12.4. The second kappa shape index (κ2) is 5.79. The summed E-state index contributed by atoms with van der Waals surface area (Å²) in [6.07, 6.45) is 0.0794. The van der Waals surface area contributed by atoms with E-state index in [0.717, 1.165) is 10.8 Å². The Kier molecular flexibility index (Phi) is 5.07. The van der Waals surface area contributed by atoms with E-state index in [4.69, 9.17) is 5.73 Å². The normalized spacial score (nSPS) is 11.3. The van der Waals surface area contributed by atoms with Gasteiger partial charge in [0.25, 0.3) is 5.91 Å². The van der Waals surface area contributed by atoms with Crippen LogP contribution in [-0.4, -0.2) is 17.5 Å². The summed E-state index contributed by atoms with van der Waals surface area (Å²) in [5, 5.41) is 0.444. The third-order valence-corrected chi connectivity index (χ3v) is 2.46. The average molecular weight is 280 g/mol. The molecular formula is C10H9BF3KN2O. The summed E-state index contributed by atoms with van der Waals surface area (Å²) in [5.41, 5.74) is 5.60. The van der Waals surface area contributed by atoms with Crippen molar-refractivity contribution in [3.63, 3.8) is 0 Å². The van der Waals surface area contributed by atoms with Gasteiger partial charge < -0.3 is 23.2 Å². The molecule has 1 aromatic heterocycles. The number of fused-ring (bicyclic) bond motifs is 1. The van der Waals surface area contributed by atoms with Crippen molar-refractivity contribution in [3.8, 4) is 0 Å². The Labute approximate surface area is 144 Å². The van der Waals surface area contributed by atoms with Gasteiger partial charge in [-0.3, -0.25) is 4.79 Å². The maximum absolute atomic E-state index is 12.4. The Balaban J connectivity index is 0.00000162. The van der Waals surface area contributed by atoms with Gasteiger partial charge in [-0.2, -0.15) is 0 Å². The number of para-hydroxylation sites is 1. The van der Waals surface area contributed by atoms with Crippen molar-refractivity contribution >= 4 is 23.8 Å². The molecule has 0 saturated heterocycles. The van der Waals surface area contributed by atoms with E-state index in [2.05, 4.69) is 0 Å². The van der Waals surface area contributed by atoms with Crippen LogP contribution in [0, 0.1) is 0 Å². The summed E-state index contributed by atoms with van der Waals surface area (Å²) in [7, 11) is 0. The number of primary amides is 1. The summed E-state index contributed by atoms with van der Waals surface area (Å²) in [5.74, 6) is -0.727. The molecule has 1 aromatic carbocycles. The van der Waals surface area contributed by atoms with Crippen molar-refractivity contribution in [3.05, 3.63) is 36.0 Å². The minimum atomic E-state index is -4.96. The average Bonchev–Trinajstić information content (AvgIpc) is 2.55. The second-order valence-electron chi connectivity index (χ2n) is 3.79. The van der Waals surface area contributed by atoms with Crippen molar-refractivity contribution in [2.75, 3.05) is 0 Å². The fraction of sp³-hybridized carbons (Fsp3) is 0.100. The number of hydrogen-bond acceptors (Lipinski definition) is 1. The largest absolute Gasteiger partial charge is 1.00 e. The van der Waals surface area contributed by atoms with Gasteiger partial charge in [0.05, 0.1) is 5.56 Å². The van der Waals surface area contributed by atoms with Crippen LogP contribution in [0.1, 0.15) is 10.4 Å². The van der Waals surface area contributed by atoms with Crippen molar-refractivity contribution < 1.29 is 69.1 Å². The van der Waals surface area contributed by atoms with Gasteiger partial charge in [0.15, 0.2) is 0 Å². The molecule has 1 amide bonds. The first-order valence-corrected chi connectivity index (χ1v) is 4.97. The molecule has 2 rings (SSSR count). The zero-order valence-corrected chi connectivity index (χ0v) is 12.9. The number of amides is 1. The molecule has 0 atom stereocenters. The van der Waals surface area contributed by atoms with Gasteiger partial charge in [0.2, 0.25) is 0 Å². The third-order valence-electron chi connectivity index (χ3n) is 2.46. The molecule has 8 heteroatoms. The van der Waals surface area contributed by atoms with E-state index in [1.807, 2.05) is 0 Å². The summed E-state index contributed by atoms with van der Waals surface area (Å²) in [6.45, 7) is -4.96. The van der Waals surface area contributed by atoms with Gasteiger partial charge in [0, 0.05) is 17.1 Å². The van der Waals surface area contributed by atoms with Crippen LogP contribution < -0.4 is 57.1 Å². The first-order valence-electron chi connectivity index (χ1n) is 4.97. The number of aromatic nitrogens is 1. The predicted octanol–water partition coefficient (Wildman–Crippen LogP) is -0.869. The van der Waals surface area contributed by atoms with E-state index in [9.17, 15) is 17.7 Å². The Hall–Kier alpha value is -0.279. The fourth-order valence-electron chi connectivity index (χ4n) is 1.82. The molecule has 2 aromatic rings. The minimum absolute atomic E-state index is 0. The van der Waals surface area contributed by atoms with Crippen molar-refractivity contribution in [1.82, 2.24) is 4.57 Å². The number of halogens is 3. The molecule has 2 N–H and O–H groups in total. The number of carbonyl (C=O) groups is 1. The smallest absolute Gasteiger partial charge is 0.448 e. The minimum Gasteiger partial charge on any atom is -0.448 e. The Morgan fingerprint density at radius 1 is 1.28 bits per heavy atom. The van der Waals surface area contributed by atoms with Crippen LogP contribution in [0.5, 0.6) is 0 Å². The van der Waals surface area contributed by atoms with E-state index >= 15 is 0 Å². The predicted molar refractivity (Wildman–Crippen MR) is 59.5 cm³/mol. The molecule has 0 radical (unpaired) electrons. The summed E-state index contributed by atoms with van der Waals surface area (Å²) < 4.78 is 38.2. The molecule has 0 unspecified atom stereocenters. The number of hydrogen-bond donors (Lipinski definition) is 1. The monoisotopic (exact) mass is 280 g/mol. The molecule has 3 nitrogen and oxygen atoms in total. The van der Waals surface area contributed by atoms with E-state index in [0.29, 0.717) is 10.9 Å². The zero-order chi connectivity index (χ0) is 12.6. The molecule has 0 aliphatic carbocycles. The molecule has 0 fully saturated rings. The van der Waals surface area contributed by atoms with Crippen LogP contribution in [-0.2, 0) is 6.44 Å². The summed E-state index contributed by atoms with van der Waals surface area (Å²) >= 11 is 0. The second-order valence-corrected chi connectivity index (χ2v) is 3.79. The molecule has 0 bridgehead atoms. The number of nitrogens with zero attached hydrogens (tertiary/aromatic N) is 1. The number of nitrogens with two attached hydrogens (primary N) is 1. The fourth-order valence-corrected chi connectivity index (χ4v) is 1.82. The van der Waals surface area contributed by atoms with Crippen LogP contribution in [0.15, 0.2) is 30.5 Å². The Bertz CT molecular complexity index is 582. The van der Waals surface area contributed by atoms with Gasteiger partial charge in [-0.1, -0.05) is 18.2 Å². The molecule has 0 saturated carbocycles. The van der Waals surface area contributed by atoms with E-state index in [1.54, 1.807) is 18.2 Å².